The molecule has 4 rings (SSSR count). The van der Waals surface area contributed by atoms with Gasteiger partial charge in [0.15, 0.2) is 0 Å². The second-order valence-corrected chi connectivity index (χ2v) is 7.48. The number of amides is 1. The molecule has 1 aromatic carbocycles. The Morgan fingerprint density at radius 1 is 1.11 bits per heavy atom. The molecule has 7 heteroatoms. The zero-order valence-electron chi connectivity index (χ0n) is 15.8. The van der Waals surface area contributed by atoms with Crippen molar-refractivity contribution in [2.75, 3.05) is 5.32 Å². The number of hydrogen-bond donors (Lipinski definition) is 2. The number of rotatable bonds is 3. The van der Waals surface area contributed by atoms with E-state index in [9.17, 15) is 9.59 Å². The SMILES string of the molecule is CC(C)(C)n1c(NC(=O)c2ccc(-c3ccco3)[nH]c2=O)nc2ccccc21. The average Bonchev–Trinajstić information content (AvgIpc) is 3.28. The summed E-state index contributed by atoms with van der Waals surface area (Å²) in [5.74, 6) is 0.403. The molecule has 7 nitrogen and oxygen atoms in total. The number of anilines is 1. The number of imidazole rings is 1. The minimum Gasteiger partial charge on any atom is -0.463 e. The van der Waals surface area contributed by atoms with Gasteiger partial charge in [0, 0.05) is 5.54 Å². The fourth-order valence-electron chi connectivity index (χ4n) is 3.19. The van der Waals surface area contributed by atoms with Crippen LogP contribution < -0.4 is 10.9 Å². The Bertz CT molecular complexity index is 1210. The molecule has 0 radical (unpaired) electrons. The van der Waals surface area contributed by atoms with Gasteiger partial charge in [0.1, 0.15) is 11.3 Å². The highest BCUT2D eigenvalue weighted by Crippen LogP contribution is 2.28. The number of hydrogen-bond acceptors (Lipinski definition) is 4. The van der Waals surface area contributed by atoms with Crippen molar-refractivity contribution in [3.8, 4) is 11.5 Å². The van der Waals surface area contributed by atoms with E-state index in [2.05, 4.69) is 15.3 Å². The number of carbonyl (C=O) groups excluding carboxylic acids is 1. The summed E-state index contributed by atoms with van der Waals surface area (Å²) in [6.45, 7) is 6.09. The first-order valence-corrected chi connectivity index (χ1v) is 8.91. The Balaban J connectivity index is 1.70. The number of benzene rings is 1. The van der Waals surface area contributed by atoms with E-state index >= 15 is 0 Å². The summed E-state index contributed by atoms with van der Waals surface area (Å²) >= 11 is 0. The van der Waals surface area contributed by atoms with Crippen LogP contribution in [-0.2, 0) is 5.54 Å². The van der Waals surface area contributed by atoms with Crippen LogP contribution >= 0.6 is 0 Å². The summed E-state index contributed by atoms with van der Waals surface area (Å²) in [7, 11) is 0. The quantitative estimate of drug-likeness (QED) is 0.565. The normalized spacial score (nSPS) is 11.7. The molecule has 0 fully saturated rings. The molecule has 2 N–H and O–H groups in total. The molecule has 0 saturated carbocycles. The molecule has 3 heterocycles. The average molecular weight is 376 g/mol. The summed E-state index contributed by atoms with van der Waals surface area (Å²) in [5.41, 5.74) is 1.39. The van der Waals surface area contributed by atoms with Crippen LogP contribution in [0.15, 0.2) is 64.0 Å². The summed E-state index contributed by atoms with van der Waals surface area (Å²) in [6, 6.07) is 14.2. The fourth-order valence-corrected chi connectivity index (χ4v) is 3.19. The number of furan rings is 1. The van der Waals surface area contributed by atoms with Gasteiger partial charge in [-0.25, -0.2) is 4.98 Å². The minimum absolute atomic E-state index is 0.00261. The molecule has 0 aliphatic carbocycles. The van der Waals surface area contributed by atoms with Gasteiger partial charge in [-0.15, -0.1) is 0 Å². The lowest BCUT2D eigenvalue weighted by Gasteiger charge is -2.24. The Morgan fingerprint density at radius 2 is 1.89 bits per heavy atom. The second kappa shape index (κ2) is 6.53. The van der Waals surface area contributed by atoms with Gasteiger partial charge in [-0.3, -0.25) is 14.9 Å². The lowest BCUT2D eigenvalue weighted by molar-refractivity contribution is 0.102. The highest BCUT2D eigenvalue weighted by atomic mass is 16.3. The topological polar surface area (TPSA) is 92.9 Å². The van der Waals surface area contributed by atoms with Crippen LogP contribution in [0.5, 0.6) is 0 Å². The van der Waals surface area contributed by atoms with Crippen molar-refractivity contribution in [2.45, 2.75) is 26.3 Å². The lowest BCUT2D eigenvalue weighted by atomic mass is 10.1. The summed E-state index contributed by atoms with van der Waals surface area (Å²) < 4.78 is 7.22. The first-order chi connectivity index (χ1) is 13.3. The maximum atomic E-state index is 12.8. The molecule has 0 aliphatic rings. The maximum absolute atomic E-state index is 12.8. The number of fused-ring (bicyclic) bond motifs is 1. The van der Waals surface area contributed by atoms with Crippen LogP contribution in [0.1, 0.15) is 31.1 Å². The molecule has 0 unspecified atom stereocenters. The van der Waals surface area contributed by atoms with E-state index < -0.39 is 11.5 Å². The summed E-state index contributed by atoms with van der Waals surface area (Å²) in [6.07, 6.45) is 1.52. The second-order valence-electron chi connectivity index (χ2n) is 7.48. The van der Waals surface area contributed by atoms with Crippen molar-refractivity contribution in [1.82, 2.24) is 14.5 Å². The van der Waals surface area contributed by atoms with Crippen LogP contribution in [0.25, 0.3) is 22.5 Å². The number of pyridine rings is 1. The number of H-pyrrole nitrogens is 1. The summed E-state index contributed by atoms with van der Waals surface area (Å²) in [4.78, 5) is 32.4. The van der Waals surface area contributed by atoms with E-state index in [-0.39, 0.29) is 11.1 Å². The maximum Gasteiger partial charge on any atom is 0.263 e. The molecule has 1 amide bonds. The third-order valence-corrected chi connectivity index (χ3v) is 4.40. The van der Waals surface area contributed by atoms with Gasteiger partial charge in [0.05, 0.1) is 23.0 Å². The zero-order valence-corrected chi connectivity index (χ0v) is 15.8. The monoisotopic (exact) mass is 376 g/mol. The van der Waals surface area contributed by atoms with Crippen molar-refractivity contribution < 1.29 is 9.21 Å². The number of nitrogens with zero attached hydrogens (tertiary/aromatic N) is 2. The number of aromatic amines is 1. The predicted octanol–water partition coefficient (Wildman–Crippen LogP) is 3.99. The first kappa shape index (κ1) is 17.8. The molecule has 0 saturated heterocycles. The molecule has 0 aliphatic heterocycles. The van der Waals surface area contributed by atoms with E-state index in [1.54, 1.807) is 18.2 Å². The molecule has 3 aromatic heterocycles. The number of para-hydroxylation sites is 2. The van der Waals surface area contributed by atoms with E-state index in [0.29, 0.717) is 17.4 Å². The smallest absolute Gasteiger partial charge is 0.263 e. The van der Waals surface area contributed by atoms with Gasteiger partial charge < -0.3 is 14.0 Å². The van der Waals surface area contributed by atoms with Crippen molar-refractivity contribution in [2.24, 2.45) is 0 Å². The number of carbonyl (C=O) groups is 1. The first-order valence-electron chi connectivity index (χ1n) is 8.91. The van der Waals surface area contributed by atoms with Crippen LogP contribution in [0.3, 0.4) is 0 Å². The molecule has 0 atom stereocenters. The largest absolute Gasteiger partial charge is 0.463 e. The van der Waals surface area contributed by atoms with Crippen LogP contribution in [0, 0.1) is 0 Å². The van der Waals surface area contributed by atoms with Gasteiger partial charge in [-0.1, -0.05) is 12.1 Å². The molecule has 142 valence electrons. The fraction of sp³-hybridized carbons (Fsp3) is 0.190. The van der Waals surface area contributed by atoms with E-state index in [4.69, 9.17) is 4.42 Å². The Labute approximate surface area is 161 Å². The van der Waals surface area contributed by atoms with Crippen LogP contribution in [0.2, 0.25) is 0 Å². The summed E-state index contributed by atoms with van der Waals surface area (Å²) in [5, 5.41) is 2.79. The highest BCUT2D eigenvalue weighted by molar-refractivity contribution is 6.04. The van der Waals surface area contributed by atoms with Crippen LogP contribution in [-0.4, -0.2) is 20.4 Å². The number of nitrogens with one attached hydrogen (secondary N) is 2. The predicted molar refractivity (Wildman–Crippen MR) is 107 cm³/mol. The molecule has 0 bridgehead atoms. The third kappa shape index (κ3) is 3.11. The van der Waals surface area contributed by atoms with E-state index in [1.807, 2.05) is 49.6 Å². The molecule has 4 aromatic rings. The van der Waals surface area contributed by atoms with Crippen molar-refractivity contribution in [3.63, 3.8) is 0 Å². The Hall–Kier alpha value is -3.61. The standard InChI is InChI=1S/C21H20N4O3/c1-21(2,3)25-16-8-5-4-7-14(16)23-20(25)24-19(27)13-10-11-15(22-18(13)26)17-9-6-12-28-17/h4-12H,1-3H3,(H,22,26)(H,23,24,27). The number of aromatic nitrogens is 3. The Morgan fingerprint density at radius 3 is 2.57 bits per heavy atom. The molecular weight excluding hydrogens is 356 g/mol. The van der Waals surface area contributed by atoms with Crippen molar-refractivity contribution in [3.05, 3.63) is 70.7 Å². The molecular formula is C21H20N4O3. The van der Waals surface area contributed by atoms with Gasteiger partial charge >= 0.3 is 0 Å². The van der Waals surface area contributed by atoms with Gasteiger partial charge in [0.25, 0.3) is 11.5 Å². The lowest BCUT2D eigenvalue weighted by Crippen LogP contribution is -2.28. The zero-order chi connectivity index (χ0) is 19.9. The van der Waals surface area contributed by atoms with Gasteiger partial charge in [0.2, 0.25) is 5.95 Å². The van der Waals surface area contributed by atoms with E-state index in [0.717, 1.165) is 11.0 Å². The van der Waals surface area contributed by atoms with E-state index in [1.165, 1.54) is 12.3 Å². The van der Waals surface area contributed by atoms with Crippen molar-refractivity contribution in [1.29, 1.82) is 0 Å². The van der Waals surface area contributed by atoms with Crippen LogP contribution in [0.4, 0.5) is 5.95 Å². The van der Waals surface area contributed by atoms with Crippen molar-refractivity contribution >= 4 is 22.9 Å². The Kier molecular flexibility index (Phi) is 4.15. The molecule has 0 spiro atoms. The third-order valence-electron chi connectivity index (χ3n) is 4.40. The highest BCUT2D eigenvalue weighted by Gasteiger charge is 2.23. The van der Waals surface area contributed by atoms with Gasteiger partial charge in [-0.2, -0.15) is 0 Å². The minimum atomic E-state index is -0.520. The van der Waals surface area contributed by atoms with Gasteiger partial charge in [-0.05, 0) is 57.2 Å². The molecule has 28 heavy (non-hydrogen) atoms.